The number of benzene rings is 1. The lowest BCUT2D eigenvalue weighted by molar-refractivity contribution is -0.121. The molecule has 0 aliphatic rings. The van der Waals surface area contributed by atoms with Gasteiger partial charge in [-0.1, -0.05) is 37.6 Å². The zero-order valence-corrected chi connectivity index (χ0v) is 15.9. The van der Waals surface area contributed by atoms with Gasteiger partial charge in [0.1, 0.15) is 5.01 Å². The molecule has 2 aromatic heterocycles. The second kappa shape index (κ2) is 8.72. The molecule has 0 unspecified atom stereocenters. The van der Waals surface area contributed by atoms with Gasteiger partial charge in [0.25, 0.3) is 0 Å². The van der Waals surface area contributed by atoms with Gasteiger partial charge in [-0.15, -0.1) is 11.3 Å². The first-order valence-corrected chi connectivity index (χ1v) is 9.78. The van der Waals surface area contributed by atoms with Crippen LogP contribution < -0.4 is 5.32 Å². The van der Waals surface area contributed by atoms with Crippen LogP contribution in [0, 0.1) is 0 Å². The lowest BCUT2D eigenvalue weighted by atomic mass is 10.1. The summed E-state index contributed by atoms with van der Waals surface area (Å²) in [4.78, 5) is 20.8. The van der Waals surface area contributed by atoms with Crippen LogP contribution in [0.25, 0.3) is 21.8 Å². The van der Waals surface area contributed by atoms with Gasteiger partial charge in [0.15, 0.2) is 0 Å². The number of nitrogens with one attached hydrogen (secondary N) is 1. The van der Waals surface area contributed by atoms with Crippen LogP contribution >= 0.6 is 11.3 Å². The quantitative estimate of drug-likeness (QED) is 0.659. The molecule has 1 aromatic carbocycles. The SMILES string of the molecule is CCC[C@H](C)NC(=O)Cc1ccc(-c2csc(-c3ccncc3)n2)cc1. The van der Waals surface area contributed by atoms with Crippen molar-refractivity contribution in [2.75, 3.05) is 0 Å². The molecule has 0 aliphatic heterocycles. The summed E-state index contributed by atoms with van der Waals surface area (Å²) in [5, 5.41) is 6.08. The van der Waals surface area contributed by atoms with Crippen molar-refractivity contribution in [3.05, 3.63) is 59.7 Å². The Bertz CT molecular complexity index is 843. The van der Waals surface area contributed by atoms with Crippen molar-refractivity contribution >= 4 is 17.2 Å². The molecule has 26 heavy (non-hydrogen) atoms. The van der Waals surface area contributed by atoms with Gasteiger partial charge in [-0.05, 0) is 31.0 Å². The van der Waals surface area contributed by atoms with Gasteiger partial charge in [0.05, 0.1) is 12.1 Å². The number of rotatable bonds is 7. The predicted molar refractivity (Wildman–Crippen MR) is 107 cm³/mol. The fourth-order valence-corrected chi connectivity index (χ4v) is 3.68. The summed E-state index contributed by atoms with van der Waals surface area (Å²) < 4.78 is 0. The van der Waals surface area contributed by atoms with Crippen LogP contribution in [0.3, 0.4) is 0 Å². The van der Waals surface area contributed by atoms with Crippen molar-refractivity contribution in [3.8, 4) is 21.8 Å². The van der Waals surface area contributed by atoms with Gasteiger partial charge in [-0.3, -0.25) is 9.78 Å². The van der Waals surface area contributed by atoms with Gasteiger partial charge in [0, 0.05) is 34.9 Å². The molecule has 0 saturated carbocycles. The first-order chi connectivity index (χ1) is 12.7. The Morgan fingerprint density at radius 1 is 1.12 bits per heavy atom. The van der Waals surface area contributed by atoms with Gasteiger partial charge < -0.3 is 5.32 Å². The van der Waals surface area contributed by atoms with Crippen molar-refractivity contribution in [1.29, 1.82) is 0 Å². The minimum Gasteiger partial charge on any atom is -0.353 e. The van der Waals surface area contributed by atoms with Crippen molar-refractivity contribution in [1.82, 2.24) is 15.3 Å². The molecule has 134 valence electrons. The molecule has 1 atom stereocenters. The molecular formula is C21H23N3OS. The Hall–Kier alpha value is -2.53. The predicted octanol–water partition coefficient (Wildman–Crippen LogP) is 4.72. The third kappa shape index (κ3) is 4.76. The van der Waals surface area contributed by atoms with Crippen molar-refractivity contribution in [3.63, 3.8) is 0 Å². The normalized spacial score (nSPS) is 11.9. The third-order valence-electron chi connectivity index (χ3n) is 4.17. The van der Waals surface area contributed by atoms with Gasteiger partial charge in [-0.25, -0.2) is 4.98 Å². The standard InChI is InChI=1S/C21H23N3OS/c1-3-4-15(2)23-20(25)13-16-5-7-17(8-6-16)19-14-26-21(24-19)18-9-11-22-12-10-18/h5-12,14-15H,3-4,13H2,1-2H3,(H,23,25)/t15-/m0/s1. The van der Waals surface area contributed by atoms with E-state index in [0.29, 0.717) is 6.42 Å². The van der Waals surface area contributed by atoms with Crippen molar-refractivity contribution in [2.24, 2.45) is 0 Å². The van der Waals surface area contributed by atoms with E-state index in [-0.39, 0.29) is 11.9 Å². The highest BCUT2D eigenvalue weighted by Gasteiger charge is 2.09. The topological polar surface area (TPSA) is 54.9 Å². The number of thiazole rings is 1. The summed E-state index contributed by atoms with van der Waals surface area (Å²) in [6.45, 7) is 4.17. The Balaban J connectivity index is 1.65. The van der Waals surface area contributed by atoms with E-state index < -0.39 is 0 Å². The first-order valence-electron chi connectivity index (χ1n) is 8.90. The second-order valence-electron chi connectivity index (χ2n) is 6.40. The molecule has 3 aromatic rings. The monoisotopic (exact) mass is 365 g/mol. The Morgan fingerprint density at radius 2 is 1.85 bits per heavy atom. The summed E-state index contributed by atoms with van der Waals surface area (Å²) in [5.74, 6) is 0.0762. The Labute approximate surface area is 158 Å². The van der Waals surface area contributed by atoms with Crippen LogP contribution in [0.5, 0.6) is 0 Å². The van der Waals surface area contributed by atoms with E-state index in [2.05, 4.69) is 22.6 Å². The van der Waals surface area contributed by atoms with Gasteiger partial charge in [0.2, 0.25) is 5.91 Å². The van der Waals surface area contributed by atoms with Crippen LogP contribution in [0.2, 0.25) is 0 Å². The highest BCUT2D eigenvalue weighted by atomic mass is 32.1. The molecule has 0 fully saturated rings. The zero-order valence-electron chi connectivity index (χ0n) is 15.1. The number of carbonyl (C=O) groups is 1. The fourth-order valence-electron chi connectivity index (χ4n) is 2.84. The van der Waals surface area contributed by atoms with E-state index in [0.717, 1.165) is 40.2 Å². The molecule has 1 N–H and O–H groups in total. The minimum atomic E-state index is 0.0762. The minimum absolute atomic E-state index is 0.0762. The van der Waals surface area contributed by atoms with Gasteiger partial charge in [-0.2, -0.15) is 0 Å². The van der Waals surface area contributed by atoms with Gasteiger partial charge >= 0.3 is 0 Å². The highest BCUT2D eigenvalue weighted by Crippen LogP contribution is 2.28. The summed E-state index contributed by atoms with van der Waals surface area (Å²) in [7, 11) is 0. The van der Waals surface area contributed by atoms with Crippen LogP contribution in [-0.4, -0.2) is 21.9 Å². The molecule has 4 nitrogen and oxygen atoms in total. The number of aromatic nitrogens is 2. The van der Waals surface area contributed by atoms with E-state index in [4.69, 9.17) is 4.98 Å². The number of nitrogens with zero attached hydrogens (tertiary/aromatic N) is 2. The van der Waals surface area contributed by atoms with E-state index in [1.54, 1.807) is 23.7 Å². The summed E-state index contributed by atoms with van der Waals surface area (Å²) in [6, 6.07) is 12.2. The number of pyridine rings is 1. The Kier molecular flexibility index (Phi) is 6.12. The van der Waals surface area contributed by atoms with Crippen molar-refractivity contribution < 1.29 is 4.79 Å². The maximum absolute atomic E-state index is 12.1. The summed E-state index contributed by atoms with van der Waals surface area (Å²) in [6.07, 6.45) is 6.04. The molecule has 1 amide bonds. The largest absolute Gasteiger partial charge is 0.353 e. The lowest BCUT2D eigenvalue weighted by Crippen LogP contribution is -2.33. The molecule has 5 heteroatoms. The van der Waals surface area contributed by atoms with Crippen LogP contribution in [0.15, 0.2) is 54.2 Å². The maximum atomic E-state index is 12.1. The average molecular weight is 366 g/mol. The van der Waals surface area contributed by atoms with E-state index in [9.17, 15) is 4.79 Å². The molecule has 0 radical (unpaired) electrons. The number of amides is 1. The molecular weight excluding hydrogens is 342 g/mol. The third-order valence-corrected chi connectivity index (χ3v) is 5.07. The van der Waals surface area contributed by atoms with Crippen molar-refractivity contribution in [2.45, 2.75) is 39.2 Å². The highest BCUT2D eigenvalue weighted by molar-refractivity contribution is 7.13. The molecule has 2 heterocycles. The van der Waals surface area contributed by atoms with E-state index >= 15 is 0 Å². The number of hydrogen-bond donors (Lipinski definition) is 1. The van der Waals surface area contributed by atoms with E-state index in [1.807, 2.05) is 43.3 Å². The zero-order chi connectivity index (χ0) is 18.4. The van der Waals surface area contributed by atoms with Crippen LogP contribution in [0.4, 0.5) is 0 Å². The van der Waals surface area contributed by atoms with E-state index in [1.165, 1.54) is 0 Å². The fraction of sp³-hybridized carbons (Fsp3) is 0.286. The summed E-state index contributed by atoms with van der Waals surface area (Å²) >= 11 is 1.62. The number of carbonyl (C=O) groups excluding carboxylic acids is 1. The molecule has 3 rings (SSSR count). The Morgan fingerprint density at radius 3 is 2.54 bits per heavy atom. The second-order valence-corrected chi connectivity index (χ2v) is 7.26. The lowest BCUT2D eigenvalue weighted by Gasteiger charge is -2.12. The molecule has 0 aliphatic carbocycles. The summed E-state index contributed by atoms with van der Waals surface area (Å²) in [5.41, 5.74) is 4.10. The van der Waals surface area contributed by atoms with Crippen LogP contribution in [-0.2, 0) is 11.2 Å². The smallest absolute Gasteiger partial charge is 0.224 e. The number of hydrogen-bond acceptors (Lipinski definition) is 4. The maximum Gasteiger partial charge on any atom is 0.224 e. The molecule has 0 spiro atoms. The molecule has 0 bridgehead atoms. The molecule has 0 saturated heterocycles. The van der Waals surface area contributed by atoms with Crippen LogP contribution in [0.1, 0.15) is 32.3 Å². The average Bonchev–Trinajstić information content (AvgIpc) is 3.13. The first kappa shape index (κ1) is 18.3.